The molecule has 3 N–H and O–H groups in total. The Labute approximate surface area is 329 Å². The van der Waals surface area contributed by atoms with Gasteiger partial charge in [-0.1, -0.05) is 68.5 Å². The number of fused-ring (bicyclic) bond motifs is 2. The van der Waals surface area contributed by atoms with E-state index < -0.39 is 16.0 Å². The number of hydrogen-bond acceptors (Lipinski definition) is 8. The third-order valence-electron chi connectivity index (χ3n) is 9.85. The van der Waals surface area contributed by atoms with Crippen LogP contribution in [-0.2, 0) is 27.9 Å². The molecule has 0 bridgehead atoms. The van der Waals surface area contributed by atoms with E-state index in [4.69, 9.17) is 11.6 Å². The summed E-state index contributed by atoms with van der Waals surface area (Å²) >= 11 is 5.65. The number of nitrogens with one attached hydrogen (secondary N) is 3. The van der Waals surface area contributed by atoms with Gasteiger partial charge in [0.15, 0.2) is 11.6 Å². The monoisotopic (exact) mass is 715 g/mol. The Hall–Kier alpha value is -2.09. The van der Waals surface area contributed by atoms with Crippen molar-refractivity contribution in [3.63, 3.8) is 0 Å². The molecule has 9 nitrogen and oxygen atoms in total. The number of rotatable bonds is 10. The van der Waals surface area contributed by atoms with Crippen molar-refractivity contribution < 1.29 is 78.7 Å². The smallest absolute Gasteiger partial charge is 0.744 e. The fourth-order valence-corrected chi connectivity index (χ4v) is 8.37. The normalized spacial score (nSPS) is 19.5. The van der Waals surface area contributed by atoms with Crippen molar-refractivity contribution in [3.8, 4) is 0 Å². The molecule has 0 saturated heterocycles. The number of carbonyl (C=O) groups is 3. The maximum Gasteiger partial charge on any atom is 1.00 e. The molecular weight excluding hydrogens is 677 g/mol. The molecule has 3 aromatic carbocycles. The molecule has 0 aliphatic heterocycles. The molecular formula is C36H39ClKN3O6S. The van der Waals surface area contributed by atoms with E-state index in [1.807, 2.05) is 12.1 Å². The van der Waals surface area contributed by atoms with Gasteiger partial charge in [0, 0.05) is 41.1 Å². The van der Waals surface area contributed by atoms with E-state index >= 15 is 0 Å². The minimum absolute atomic E-state index is 0. The molecule has 2 saturated carbocycles. The van der Waals surface area contributed by atoms with E-state index in [2.05, 4.69) is 16.0 Å². The van der Waals surface area contributed by atoms with Gasteiger partial charge in [0.2, 0.25) is 5.91 Å². The van der Waals surface area contributed by atoms with Crippen LogP contribution in [0.4, 0.5) is 11.4 Å². The number of carbonyl (C=O) groups excluding carboxylic acids is 3. The minimum Gasteiger partial charge on any atom is -0.744 e. The predicted molar refractivity (Wildman–Crippen MR) is 180 cm³/mol. The maximum atomic E-state index is 14.1. The molecule has 6 rings (SSSR count). The summed E-state index contributed by atoms with van der Waals surface area (Å²) in [6, 6.07) is 15.3. The molecule has 3 aliphatic rings. The summed E-state index contributed by atoms with van der Waals surface area (Å²) in [5, 5.41) is 9.88. The van der Waals surface area contributed by atoms with Gasteiger partial charge in [-0.05, 0) is 67.3 Å². The van der Waals surface area contributed by atoms with E-state index in [0.717, 1.165) is 51.4 Å². The van der Waals surface area contributed by atoms with Gasteiger partial charge in [0.1, 0.15) is 16.0 Å². The molecule has 48 heavy (non-hydrogen) atoms. The number of halogens is 1. The second-order valence-electron chi connectivity index (χ2n) is 12.9. The zero-order valence-electron chi connectivity index (χ0n) is 27.1. The Balaban J connectivity index is 0.00000451. The topological polar surface area (TPSA) is 144 Å². The third-order valence-corrected chi connectivity index (χ3v) is 11.0. The van der Waals surface area contributed by atoms with E-state index in [9.17, 15) is 27.4 Å². The van der Waals surface area contributed by atoms with Crippen LogP contribution in [0.5, 0.6) is 0 Å². The maximum absolute atomic E-state index is 14.1. The molecule has 0 aromatic heterocycles. The summed E-state index contributed by atoms with van der Waals surface area (Å²) in [6.07, 6.45) is 9.09. The fraction of sp³-hybridized carbons (Fsp3) is 0.417. The first-order valence-electron chi connectivity index (χ1n) is 16.4. The number of hydrogen-bond donors (Lipinski definition) is 3. The van der Waals surface area contributed by atoms with Crippen LogP contribution in [0.1, 0.15) is 101 Å². The summed E-state index contributed by atoms with van der Waals surface area (Å²) in [7, 11) is -4.80. The molecule has 0 radical (unpaired) electrons. The average molecular weight is 716 g/mol. The number of anilines is 2. The summed E-state index contributed by atoms with van der Waals surface area (Å²) in [5.74, 6) is -1.13. The molecule has 0 spiro atoms. The molecule has 2 fully saturated rings. The Morgan fingerprint density at radius 2 is 1.40 bits per heavy atom. The first-order chi connectivity index (χ1) is 22.7. The van der Waals surface area contributed by atoms with Gasteiger partial charge in [0.05, 0.1) is 16.0 Å². The Kier molecular flexibility index (Phi) is 12.6. The van der Waals surface area contributed by atoms with Gasteiger partial charge >= 0.3 is 51.4 Å². The van der Waals surface area contributed by atoms with Crippen LogP contribution in [0.25, 0.3) is 0 Å². The van der Waals surface area contributed by atoms with Crippen LogP contribution in [0.3, 0.4) is 0 Å². The number of benzene rings is 3. The van der Waals surface area contributed by atoms with Crippen LogP contribution in [-0.4, -0.2) is 48.4 Å². The van der Waals surface area contributed by atoms with Crippen molar-refractivity contribution in [1.82, 2.24) is 5.32 Å². The number of ketones is 2. The number of alkyl halides is 1. The summed E-state index contributed by atoms with van der Waals surface area (Å²) in [4.78, 5) is 39.8. The zero-order valence-corrected chi connectivity index (χ0v) is 31.8. The molecule has 1 amide bonds. The molecule has 2 unspecified atom stereocenters. The van der Waals surface area contributed by atoms with Gasteiger partial charge in [-0.2, -0.15) is 0 Å². The van der Waals surface area contributed by atoms with E-state index in [0.29, 0.717) is 44.8 Å². The Morgan fingerprint density at radius 1 is 0.792 bits per heavy atom. The average Bonchev–Trinajstić information content (AvgIpc) is 3.07. The van der Waals surface area contributed by atoms with Crippen LogP contribution in [0.2, 0.25) is 0 Å². The largest absolute Gasteiger partial charge is 1.00 e. The van der Waals surface area contributed by atoms with Crippen LogP contribution in [0, 0.1) is 5.92 Å². The predicted octanol–water partition coefficient (Wildman–Crippen LogP) is 3.18. The van der Waals surface area contributed by atoms with Crippen molar-refractivity contribution in [3.05, 3.63) is 88.0 Å². The van der Waals surface area contributed by atoms with Crippen molar-refractivity contribution in [2.45, 2.75) is 87.7 Å². The molecule has 3 aromatic rings. The molecule has 12 heteroatoms. The fourth-order valence-electron chi connectivity index (χ4n) is 7.52. The van der Waals surface area contributed by atoms with Crippen molar-refractivity contribution >= 4 is 50.6 Å². The molecule has 3 aliphatic carbocycles. The summed E-state index contributed by atoms with van der Waals surface area (Å²) in [5.41, 5.74) is 3.67. The van der Waals surface area contributed by atoms with Crippen LogP contribution < -0.4 is 67.3 Å². The Bertz CT molecular complexity index is 1810. The first-order valence-corrected chi connectivity index (χ1v) is 18.4. The van der Waals surface area contributed by atoms with Gasteiger partial charge in [-0.15, -0.1) is 11.6 Å². The van der Waals surface area contributed by atoms with E-state index in [-0.39, 0.29) is 105 Å². The van der Waals surface area contributed by atoms with Crippen LogP contribution >= 0.6 is 11.6 Å². The van der Waals surface area contributed by atoms with Gasteiger partial charge < -0.3 is 20.5 Å². The van der Waals surface area contributed by atoms with Crippen molar-refractivity contribution in [2.24, 2.45) is 5.92 Å². The van der Waals surface area contributed by atoms with Crippen molar-refractivity contribution in [1.29, 1.82) is 0 Å². The number of amides is 1. The molecule has 0 heterocycles. The zero-order chi connectivity index (χ0) is 33.1. The third kappa shape index (κ3) is 8.10. The van der Waals surface area contributed by atoms with Crippen LogP contribution in [0.15, 0.2) is 59.5 Å². The van der Waals surface area contributed by atoms with E-state index in [1.165, 1.54) is 18.6 Å². The van der Waals surface area contributed by atoms with Crippen molar-refractivity contribution in [2.75, 3.05) is 16.5 Å². The quantitative estimate of drug-likeness (QED) is 0.129. The second-order valence-corrected chi connectivity index (χ2v) is 14.5. The van der Waals surface area contributed by atoms with Gasteiger partial charge in [0.25, 0.3) is 0 Å². The van der Waals surface area contributed by atoms with E-state index in [1.54, 1.807) is 30.3 Å². The summed E-state index contributed by atoms with van der Waals surface area (Å²) in [6.45, 7) is 0.0358. The SMILES string of the molecule is O=C(CCl)NCc1cccc(S(=O)(=O)[O-])c1CC1CCCCC1Nc1ccc(NC2CCCCC2)c2c1C(=O)c1ccccc1C2=O.[K+]. The molecule has 2 atom stereocenters. The Morgan fingerprint density at radius 3 is 2.02 bits per heavy atom. The second kappa shape index (κ2) is 16.3. The van der Waals surface area contributed by atoms with Gasteiger partial charge in [-0.25, -0.2) is 8.42 Å². The molecule has 248 valence electrons. The standard InChI is InChI=1S/C36H40ClN3O6S.K/c37-20-32(41)38-21-23-10-8-16-31(47(44,45)46)27(23)19-22-9-4-7-15-28(22)40-30-18-17-29(39-24-11-2-1-3-12-24)33-34(30)36(43)26-14-6-5-13-25(26)35(33)42;/h5-6,8,10,13-14,16-18,22,24,28,39-40H,1-4,7,9,11-12,15,19-21H2,(H,38,41)(H,44,45,46);/q;+1/p-1. The summed E-state index contributed by atoms with van der Waals surface area (Å²) < 4.78 is 37.1. The van der Waals surface area contributed by atoms with Gasteiger partial charge in [-0.3, -0.25) is 14.4 Å². The minimum atomic E-state index is -4.80. The first kappa shape index (κ1) is 37.2.